The molecule has 4 rings (SSSR count). The number of halogens is 4. The van der Waals surface area contributed by atoms with Crippen molar-refractivity contribution in [2.24, 2.45) is 5.92 Å². The van der Waals surface area contributed by atoms with E-state index in [2.05, 4.69) is 25.5 Å². The van der Waals surface area contributed by atoms with Crippen molar-refractivity contribution in [2.75, 3.05) is 39.7 Å². The summed E-state index contributed by atoms with van der Waals surface area (Å²) in [7, 11) is 4.42. The minimum Gasteiger partial charge on any atom is -0.495 e. The molecule has 1 saturated heterocycles. The van der Waals surface area contributed by atoms with E-state index in [9.17, 15) is 22.8 Å². The highest BCUT2D eigenvalue weighted by Gasteiger charge is 2.38. The predicted molar refractivity (Wildman–Crippen MR) is 139 cm³/mol. The molecule has 2 heterocycles. The lowest BCUT2D eigenvalue weighted by atomic mass is 9.99. The summed E-state index contributed by atoms with van der Waals surface area (Å²) in [5, 5.41) is 5.45. The van der Waals surface area contributed by atoms with Crippen LogP contribution in [0.25, 0.3) is 0 Å². The molecule has 0 radical (unpaired) electrons. The lowest BCUT2D eigenvalue weighted by Gasteiger charge is -2.29. The first-order valence-electron chi connectivity index (χ1n) is 12.7. The number of alkyl halides is 3. The number of allylic oxidation sites excluding steroid dienone is 3. The molecule has 1 aliphatic carbocycles. The van der Waals surface area contributed by atoms with Crippen molar-refractivity contribution in [3.8, 4) is 11.6 Å². The number of carbonyl (C=O) groups is 2. The topological polar surface area (TPSA) is 115 Å². The zero-order valence-electron chi connectivity index (χ0n) is 22.5. The highest BCUT2D eigenvalue weighted by atomic mass is 19.4. The van der Waals surface area contributed by atoms with E-state index in [0.717, 1.165) is 39.1 Å². The number of likely N-dealkylation sites (tertiary alicyclic amines) is 1. The van der Waals surface area contributed by atoms with Gasteiger partial charge in [-0.2, -0.15) is 18.2 Å². The van der Waals surface area contributed by atoms with E-state index >= 15 is 4.39 Å². The molecule has 1 amide bonds. The molecule has 10 nitrogen and oxygen atoms in total. The fraction of sp³-hybridized carbons (Fsp3) is 0.407. The first-order valence-corrected chi connectivity index (χ1v) is 12.7. The zero-order chi connectivity index (χ0) is 29.7. The smallest absolute Gasteiger partial charge is 0.423 e. The summed E-state index contributed by atoms with van der Waals surface area (Å²) in [6.07, 6.45) is 1.74. The van der Waals surface area contributed by atoms with Crippen LogP contribution in [0, 0.1) is 11.7 Å². The van der Waals surface area contributed by atoms with Crippen molar-refractivity contribution in [1.82, 2.24) is 20.2 Å². The van der Waals surface area contributed by atoms with Crippen molar-refractivity contribution in [1.29, 1.82) is 0 Å². The van der Waals surface area contributed by atoms with Gasteiger partial charge >= 0.3 is 12.1 Å². The van der Waals surface area contributed by atoms with Gasteiger partial charge in [0.15, 0.2) is 0 Å². The summed E-state index contributed by atoms with van der Waals surface area (Å²) in [4.78, 5) is 34.6. The number of aromatic nitrogens is 2. The van der Waals surface area contributed by atoms with Crippen LogP contribution in [0.15, 0.2) is 42.3 Å². The quantitative estimate of drug-likeness (QED) is 0.350. The lowest BCUT2D eigenvalue weighted by Crippen LogP contribution is -2.43. The van der Waals surface area contributed by atoms with E-state index in [0.29, 0.717) is 6.20 Å². The Morgan fingerprint density at radius 3 is 2.54 bits per heavy atom. The molecular formula is C27H29F4N5O5. The van der Waals surface area contributed by atoms with Crippen LogP contribution in [-0.4, -0.2) is 67.1 Å². The standard InChI is InChI=1S/C27H29F4N5O5/c1-36-10-8-15(9-11-36)33-23(37)17-12-22(39-2)20(13-19(17)28)34-26-32-14-18(27(29,30)31)24(35-26)41-21-7-5-4-6-16(21)25(38)40-3/h4-5,7,12-16H,6,8-11H2,1-3H3,(H,33,37)(H,32,34,35). The summed E-state index contributed by atoms with van der Waals surface area (Å²) in [6, 6.07) is 2.05. The predicted octanol–water partition coefficient (Wildman–Crippen LogP) is 4.22. The van der Waals surface area contributed by atoms with Crippen molar-refractivity contribution in [3.63, 3.8) is 0 Å². The second kappa shape index (κ2) is 12.5. The molecule has 14 heteroatoms. The van der Waals surface area contributed by atoms with Crippen LogP contribution in [0.2, 0.25) is 0 Å². The van der Waals surface area contributed by atoms with E-state index in [4.69, 9.17) is 14.2 Å². The monoisotopic (exact) mass is 579 g/mol. The number of anilines is 2. The summed E-state index contributed by atoms with van der Waals surface area (Å²) < 4.78 is 71.8. The number of nitrogens with one attached hydrogen (secondary N) is 2. The van der Waals surface area contributed by atoms with Crippen LogP contribution in [0.1, 0.15) is 35.2 Å². The van der Waals surface area contributed by atoms with Crippen molar-refractivity contribution < 1.29 is 41.4 Å². The number of nitrogens with zero attached hydrogens (tertiary/aromatic N) is 3. The number of methoxy groups -OCH3 is 2. The fourth-order valence-electron chi connectivity index (χ4n) is 4.41. The second-order valence-corrected chi connectivity index (χ2v) is 9.53. The van der Waals surface area contributed by atoms with Gasteiger partial charge < -0.3 is 29.7 Å². The number of esters is 1. The summed E-state index contributed by atoms with van der Waals surface area (Å²) in [5.41, 5.74) is -1.59. The maximum Gasteiger partial charge on any atom is 0.423 e. The van der Waals surface area contributed by atoms with Gasteiger partial charge in [0.25, 0.3) is 5.91 Å². The number of benzene rings is 1. The van der Waals surface area contributed by atoms with Gasteiger partial charge in [-0.05, 0) is 51.5 Å². The van der Waals surface area contributed by atoms with Crippen LogP contribution in [-0.2, 0) is 15.7 Å². The SMILES string of the molecule is COC(=O)C1CC=CC=C1Oc1nc(Nc2cc(F)c(C(=O)NC3CCN(C)CC3)cc2OC)ncc1C(F)(F)F. The average Bonchev–Trinajstić information content (AvgIpc) is 2.93. The Morgan fingerprint density at radius 2 is 1.88 bits per heavy atom. The summed E-state index contributed by atoms with van der Waals surface area (Å²) >= 11 is 0. The minimum atomic E-state index is -4.88. The number of hydrogen-bond acceptors (Lipinski definition) is 9. The Labute approximate surface area is 233 Å². The van der Waals surface area contributed by atoms with E-state index in [1.165, 1.54) is 25.3 Å². The third-order valence-electron chi connectivity index (χ3n) is 6.71. The summed E-state index contributed by atoms with van der Waals surface area (Å²) in [6.45, 7) is 1.60. The molecule has 0 saturated carbocycles. The van der Waals surface area contributed by atoms with Crippen molar-refractivity contribution in [3.05, 3.63) is 59.3 Å². The number of ether oxygens (including phenoxy) is 3. The Kier molecular flexibility index (Phi) is 9.11. The third-order valence-corrected chi connectivity index (χ3v) is 6.71. The van der Waals surface area contributed by atoms with Crippen molar-refractivity contribution >= 4 is 23.5 Å². The number of amides is 1. The first kappa shape index (κ1) is 29.8. The number of carbonyl (C=O) groups excluding carboxylic acids is 2. The molecule has 0 spiro atoms. The zero-order valence-corrected chi connectivity index (χ0v) is 22.5. The van der Waals surface area contributed by atoms with E-state index in [-0.39, 0.29) is 41.2 Å². The Hall–Kier alpha value is -4.20. The largest absolute Gasteiger partial charge is 0.495 e. The Morgan fingerprint density at radius 1 is 1.15 bits per heavy atom. The van der Waals surface area contributed by atoms with Gasteiger partial charge in [-0.25, -0.2) is 9.37 Å². The third kappa shape index (κ3) is 7.12. The molecule has 2 aromatic rings. The molecule has 1 unspecified atom stereocenters. The van der Waals surface area contributed by atoms with Gasteiger partial charge in [-0.1, -0.05) is 12.2 Å². The molecule has 1 aliphatic heterocycles. The fourth-order valence-corrected chi connectivity index (χ4v) is 4.41. The van der Waals surface area contributed by atoms with Crippen LogP contribution in [0.5, 0.6) is 11.6 Å². The Bertz CT molecular complexity index is 1360. The number of hydrogen-bond donors (Lipinski definition) is 2. The molecular weight excluding hydrogens is 550 g/mol. The van der Waals surface area contributed by atoms with Gasteiger partial charge in [-0.3, -0.25) is 9.59 Å². The number of rotatable bonds is 8. The molecule has 2 N–H and O–H groups in total. The van der Waals surface area contributed by atoms with E-state index in [1.54, 1.807) is 6.08 Å². The molecule has 1 fully saturated rings. The average molecular weight is 580 g/mol. The molecule has 1 aromatic heterocycles. The summed E-state index contributed by atoms with van der Waals surface area (Å²) in [5.74, 6) is -4.49. The van der Waals surface area contributed by atoms with Gasteiger partial charge in [0.05, 0.1) is 25.5 Å². The maximum absolute atomic E-state index is 15.1. The molecule has 1 aromatic carbocycles. The van der Waals surface area contributed by atoms with Crippen LogP contribution in [0.4, 0.5) is 29.2 Å². The molecule has 2 aliphatic rings. The first-order chi connectivity index (χ1) is 19.5. The van der Waals surface area contributed by atoms with Gasteiger partial charge in [0, 0.05) is 18.3 Å². The highest BCUT2D eigenvalue weighted by Crippen LogP contribution is 2.38. The maximum atomic E-state index is 15.1. The van der Waals surface area contributed by atoms with Crippen molar-refractivity contribution in [2.45, 2.75) is 31.5 Å². The number of piperidine rings is 1. The molecule has 41 heavy (non-hydrogen) atoms. The van der Waals surface area contributed by atoms with E-state index < -0.39 is 41.2 Å². The van der Waals surface area contributed by atoms with E-state index in [1.807, 2.05) is 7.05 Å². The van der Waals surface area contributed by atoms with Gasteiger partial charge in [0.1, 0.15) is 28.8 Å². The lowest BCUT2D eigenvalue weighted by molar-refractivity contribution is -0.144. The normalized spacial score (nSPS) is 17.9. The molecule has 220 valence electrons. The molecule has 0 bridgehead atoms. The van der Waals surface area contributed by atoms with Crippen LogP contribution >= 0.6 is 0 Å². The van der Waals surface area contributed by atoms with Gasteiger partial charge in [0.2, 0.25) is 11.8 Å². The highest BCUT2D eigenvalue weighted by molar-refractivity contribution is 5.96. The van der Waals surface area contributed by atoms with Crippen LogP contribution < -0.4 is 20.1 Å². The second-order valence-electron chi connectivity index (χ2n) is 9.53. The molecule has 1 atom stereocenters. The van der Waals surface area contributed by atoms with Gasteiger partial charge in [-0.15, -0.1) is 0 Å². The minimum absolute atomic E-state index is 0.0248. The van der Waals surface area contributed by atoms with Crippen LogP contribution in [0.3, 0.4) is 0 Å². The Balaban J connectivity index is 1.60.